The number of halogens is 1. The number of rotatable bonds is 5. The molecule has 1 atom stereocenters. The summed E-state index contributed by atoms with van der Waals surface area (Å²) in [4.78, 5) is 10.9. The Labute approximate surface area is 98.4 Å². The fourth-order valence-corrected chi connectivity index (χ4v) is 1.29. The third-order valence-corrected chi connectivity index (χ3v) is 2.20. The lowest BCUT2D eigenvalue weighted by Crippen LogP contribution is -2.09. The number of carbonyl (C=O) groups is 1. The summed E-state index contributed by atoms with van der Waals surface area (Å²) < 4.78 is 5.26. The summed E-state index contributed by atoms with van der Waals surface area (Å²) in [6.07, 6.45) is -0.0431. The molecule has 1 aromatic carbocycles. The van der Waals surface area contributed by atoms with E-state index in [0.717, 1.165) is 0 Å². The molecule has 2 N–H and O–H groups in total. The molecule has 0 saturated carbocycles. The maximum Gasteiger partial charge on any atom is 0.339 e. The van der Waals surface area contributed by atoms with E-state index in [1.165, 1.54) is 18.2 Å². The molecule has 1 unspecified atom stereocenters. The molecular weight excluding hydrogens is 232 g/mol. The highest BCUT2D eigenvalue weighted by Crippen LogP contribution is 2.23. The minimum atomic E-state index is -1.07. The van der Waals surface area contributed by atoms with Gasteiger partial charge in [-0.25, -0.2) is 4.79 Å². The zero-order chi connectivity index (χ0) is 12.1. The van der Waals surface area contributed by atoms with E-state index in [1.54, 1.807) is 6.92 Å². The van der Waals surface area contributed by atoms with Gasteiger partial charge in [-0.05, 0) is 25.1 Å². The molecule has 16 heavy (non-hydrogen) atoms. The van der Waals surface area contributed by atoms with Gasteiger partial charge < -0.3 is 14.9 Å². The Hall–Kier alpha value is -1.26. The summed E-state index contributed by atoms with van der Waals surface area (Å²) in [6, 6.07) is 4.34. The normalized spacial score (nSPS) is 12.2. The molecule has 88 valence electrons. The maximum absolute atomic E-state index is 10.9. The second kappa shape index (κ2) is 5.72. The number of aliphatic hydroxyl groups excluding tert-OH is 1. The summed E-state index contributed by atoms with van der Waals surface area (Å²) in [5.74, 6) is -0.843. The zero-order valence-corrected chi connectivity index (χ0v) is 9.57. The maximum atomic E-state index is 10.9. The number of aromatic carboxylic acids is 1. The Balaban J connectivity index is 2.76. The van der Waals surface area contributed by atoms with Crippen LogP contribution in [0, 0.1) is 0 Å². The largest absolute Gasteiger partial charge is 0.493 e. The van der Waals surface area contributed by atoms with Crippen LogP contribution in [0.2, 0.25) is 5.02 Å². The summed E-state index contributed by atoms with van der Waals surface area (Å²) in [5, 5.41) is 18.3. The SMILES string of the molecule is CC(O)CCOc1cc(Cl)ccc1C(=O)O. The second-order valence-electron chi connectivity index (χ2n) is 3.43. The van der Waals surface area contributed by atoms with E-state index in [-0.39, 0.29) is 17.9 Å². The third kappa shape index (κ3) is 3.72. The molecule has 1 rings (SSSR count). The molecule has 0 radical (unpaired) electrons. The van der Waals surface area contributed by atoms with Crippen LogP contribution in [0.4, 0.5) is 0 Å². The summed E-state index contributed by atoms with van der Waals surface area (Å²) in [6.45, 7) is 1.89. The Morgan fingerprint density at radius 1 is 1.56 bits per heavy atom. The van der Waals surface area contributed by atoms with Crippen LogP contribution >= 0.6 is 11.6 Å². The van der Waals surface area contributed by atoms with Gasteiger partial charge >= 0.3 is 5.97 Å². The van der Waals surface area contributed by atoms with Crippen molar-refractivity contribution in [3.8, 4) is 5.75 Å². The summed E-state index contributed by atoms with van der Waals surface area (Å²) >= 11 is 5.74. The zero-order valence-electron chi connectivity index (χ0n) is 8.81. The minimum Gasteiger partial charge on any atom is -0.493 e. The average Bonchev–Trinajstić information content (AvgIpc) is 2.16. The van der Waals surface area contributed by atoms with Crippen molar-refractivity contribution < 1.29 is 19.7 Å². The van der Waals surface area contributed by atoms with E-state index in [4.69, 9.17) is 26.6 Å². The van der Waals surface area contributed by atoms with Gasteiger partial charge in [-0.3, -0.25) is 0 Å². The number of carboxylic acids is 1. The van der Waals surface area contributed by atoms with Crippen LogP contribution in [0.1, 0.15) is 23.7 Å². The van der Waals surface area contributed by atoms with E-state index >= 15 is 0 Å². The van der Waals surface area contributed by atoms with E-state index in [9.17, 15) is 4.79 Å². The summed E-state index contributed by atoms with van der Waals surface area (Å²) in [7, 11) is 0. The van der Waals surface area contributed by atoms with Crippen LogP contribution in [-0.4, -0.2) is 28.9 Å². The first kappa shape index (κ1) is 12.8. The number of hydrogen-bond donors (Lipinski definition) is 2. The van der Waals surface area contributed by atoms with Crippen molar-refractivity contribution in [1.29, 1.82) is 0 Å². The molecular formula is C11H13ClO4. The lowest BCUT2D eigenvalue weighted by atomic mass is 10.2. The fourth-order valence-electron chi connectivity index (χ4n) is 1.13. The molecule has 4 nitrogen and oxygen atoms in total. The third-order valence-electron chi connectivity index (χ3n) is 1.97. The van der Waals surface area contributed by atoms with Gasteiger partial charge in [0.25, 0.3) is 0 Å². The van der Waals surface area contributed by atoms with Crippen molar-refractivity contribution in [1.82, 2.24) is 0 Å². The molecule has 5 heteroatoms. The van der Waals surface area contributed by atoms with Gasteiger partial charge in [-0.1, -0.05) is 11.6 Å². The Bertz CT molecular complexity index is 376. The van der Waals surface area contributed by atoms with E-state index in [2.05, 4.69) is 0 Å². The van der Waals surface area contributed by atoms with E-state index in [0.29, 0.717) is 11.4 Å². The van der Waals surface area contributed by atoms with Crippen molar-refractivity contribution >= 4 is 17.6 Å². The predicted octanol–water partition coefficient (Wildman–Crippen LogP) is 2.19. The van der Waals surface area contributed by atoms with Crippen LogP contribution in [0.5, 0.6) is 5.75 Å². The smallest absolute Gasteiger partial charge is 0.339 e. The number of ether oxygens (including phenoxy) is 1. The van der Waals surface area contributed by atoms with Crippen LogP contribution in [0.3, 0.4) is 0 Å². The highest BCUT2D eigenvalue weighted by molar-refractivity contribution is 6.30. The van der Waals surface area contributed by atoms with Gasteiger partial charge in [0, 0.05) is 11.4 Å². The number of carboxylic acid groups (broad SMARTS) is 1. The molecule has 0 bridgehead atoms. The molecule has 0 heterocycles. The molecule has 0 aromatic heterocycles. The molecule has 0 aliphatic rings. The minimum absolute atomic E-state index is 0.0648. The van der Waals surface area contributed by atoms with Crippen LogP contribution in [0.25, 0.3) is 0 Å². The molecule has 0 fully saturated rings. The lowest BCUT2D eigenvalue weighted by Gasteiger charge is -2.10. The van der Waals surface area contributed by atoms with Crippen molar-refractivity contribution in [3.63, 3.8) is 0 Å². The first-order chi connectivity index (χ1) is 7.50. The van der Waals surface area contributed by atoms with Gasteiger partial charge in [-0.15, -0.1) is 0 Å². The lowest BCUT2D eigenvalue weighted by molar-refractivity contribution is 0.0691. The molecule has 0 aliphatic carbocycles. The predicted molar refractivity (Wildman–Crippen MR) is 60.2 cm³/mol. The summed E-state index contributed by atoms with van der Waals surface area (Å²) in [5.41, 5.74) is 0.0648. The average molecular weight is 245 g/mol. The Kier molecular flexibility index (Phi) is 4.58. The van der Waals surface area contributed by atoms with E-state index in [1.807, 2.05) is 0 Å². The van der Waals surface area contributed by atoms with Crippen LogP contribution in [-0.2, 0) is 0 Å². The van der Waals surface area contributed by atoms with Gasteiger partial charge in [0.2, 0.25) is 0 Å². The van der Waals surface area contributed by atoms with Gasteiger partial charge in [-0.2, -0.15) is 0 Å². The molecule has 1 aromatic rings. The number of aliphatic hydroxyl groups is 1. The monoisotopic (exact) mass is 244 g/mol. The second-order valence-corrected chi connectivity index (χ2v) is 3.87. The molecule has 0 saturated heterocycles. The highest BCUT2D eigenvalue weighted by atomic mass is 35.5. The van der Waals surface area contributed by atoms with E-state index < -0.39 is 12.1 Å². The Morgan fingerprint density at radius 2 is 2.25 bits per heavy atom. The highest BCUT2D eigenvalue weighted by Gasteiger charge is 2.11. The number of benzene rings is 1. The standard InChI is InChI=1S/C11H13ClO4/c1-7(13)4-5-16-10-6-8(12)2-3-9(10)11(14)15/h2-3,6-7,13H,4-5H2,1H3,(H,14,15). The van der Waals surface area contributed by atoms with Crippen molar-refractivity contribution in [2.45, 2.75) is 19.4 Å². The van der Waals surface area contributed by atoms with Crippen molar-refractivity contribution in [2.75, 3.05) is 6.61 Å². The first-order valence-corrected chi connectivity index (χ1v) is 5.22. The molecule has 0 spiro atoms. The van der Waals surface area contributed by atoms with Gasteiger partial charge in [0.05, 0.1) is 12.7 Å². The van der Waals surface area contributed by atoms with Crippen molar-refractivity contribution in [2.24, 2.45) is 0 Å². The molecule has 0 aliphatic heterocycles. The quantitative estimate of drug-likeness (QED) is 0.833. The van der Waals surface area contributed by atoms with Crippen LogP contribution < -0.4 is 4.74 Å². The molecule has 0 amide bonds. The van der Waals surface area contributed by atoms with Crippen LogP contribution in [0.15, 0.2) is 18.2 Å². The Morgan fingerprint density at radius 3 is 2.81 bits per heavy atom. The van der Waals surface area contributed by atoms with Gasteiger partial charge in [0.15, 0.2) is 0 Å². The topological polar surface area (TPSA) is 66.8 Å². The van der Waals surface area contributed by atoms with Crippen molar-refractivity contribution in [3.05, 3.63) is 28.8 Å². The number of hydrogen-bond acceptors (Lipinski definition) is 3. The first-order valence-electron chi connectivity index (χ1n) is 4.84. The van der Waals surface area contributed by atoms with Gasteiger partial charge in [0.1, 0.15) is 11.3 Å². The fraction of sp³-hybridized carbons (Fsp3) is 0.364.